The number of furan rings is 1. The minimum atomic E-state index is -0.0599. The van der Waals surface area contributed by atoms with Crippen molar-refractivity contribution in [2.45, 2.75) is 19.9 Å². The molecule has 0 radical (unpaired) electrons. The van der Waals surface area contributed by atoms with Gasteiger partial charge in [0.25, 0.3) is 0 Å². The second kappa shape index (κ2) is 4.70. The van der Waals surface area contributed by atoms with E-state index in [2.05, 4.69) is 17.6 Å². The van der Waals surface area contributed by atoms with Crippen LogP contribution in [0.2, 0.25) is 0 Å². The Kier molecular flexibility index (Phi) is 3.29. The molecule has 2 heterocycles. The van der Waals surface area contributed by atoms with Crippen LogP contribution < -0.4 is 10.6 Å². The Balaban J connectivity index is 1.92. The first kappa shape index (κ1) is 11.2. The van der Waals surface area contributed by atoms with Crippen molar-refractivity contribution in [3.63, 3.8) is 0 Å². The predicted molar refractivity (Wildman–Crippen MR) is 60.8 cm³/mol. The van der Waals surface area contributed by atoms with Gasteiger partial charge in [-0.15, -0.1) is 0 Å². The van der Waals surface area contributed by atoms with E-state index in [4.69, 9.17) is 4.42 Å². The lowest BCUT2D eigenvalue weighted by Gasteiger charge is -2.17. The zero-order valence-corrected chi connectivity index (χ0v) is 9.69. The average molecular weight is 222 g/mol. The summed E-state index contributed by atoms with van der Waals surface area (Å²) in [5.74, 6) is 1.40. The van der Waals surface area contributed by atoms with Gasteiger partial charge in [0.05, 0.1) is 18.2 Å². The van der Waals surface area contributed by atoms with Gasteiger partial charge in [-0.2, -0.15) is 0 Å². The van der Waals surface area contributed by atoms with E-state index in [1.807, 2.05) is 19.1 Å². The highest BCUT2D eigenvalue weighted by Crippen LogP contribution is 2.18. The molecule has 88 valence electrons. The highest BCUT2D eigenvalue weighted by atomic mass is 16.3. The fraction of sp³-hybridized carbons (Fsp3) is 0.583. The number of amides is 1. The van der Waals surface area contributed by atoms with Crippen molar-refractivity contribution >= 4 is 5.91 Å². The summed E-state index contributed by atoms with van der Waals surface area (Å²) in [6.07, 6.45) is 1.62. The van der Waals surface area contributed by atoms with Gasteiger partial charge < -0.3 is 15.1 Å². The van der Waals surface area contributed by atoms with Gasteiger partial charge in [-0.05, 0) is 31.5 Å². The van der Waals surface area contributed by atoms with E-state index in [9.17, 15) is 4.79 Å². The number of hydrogen-bond acceptors (Lipinski definition) is 3. The summed E-state index contributed by atoms with van der Waals surface area (Å²) < 4.78 is 5.26. The third-order valence-corrected chi connectivity index (χ3v) is 3.18. The molecular formula is C12H18N2O2. The summed E-state index contributed by atoms with van der Waals surface area (Å²) in [4.78, 5) is 12.0. The molecule has 0 saturated carbocycles. The SMILES string of the molecule is CC1CNCC1C(=O)N[C@H](C)c1ccco1. The second-order valence-corrected chi connectivity index (χ2v) is 4.49. The van der Waals surface area contributed by atoms with Crippen LogP contribution >= 0.6 is 0 Å². The van der Waals surface area contributed by atoms with Crippen LogP contribution in [0.15, 0.2) is 22.8 Å². The lowest BCUT2D eigenvalue weighted by atomic mass is 9.97. The van der Waals surface area contributed by atoms with Crippen molar-refractivity contribution in [1.82, 2.24) is 10.6 Å². The first-order chi connectivity index (χ1) is 7.68. The van der Waals surface area contributed by atoms with Crippen molar-refractivity contribution in [1.29, 1.82) is 0 Å². The number of hydrogen-bond donors (Lipinski definition) is 2. The van der Waals surface area contributed by atoms with Crippen LogP contribution in [0, 0.1) is 11.8 Å². The zero-order valence-electron chi connectivity index (χ0n) is 9.69. The van der Waals surface area contributed by atoms with Crippen LogP contribution in [-0.2, 0) is 4.79 Å². The lowest BCUT2D eigenvalue weighted by molar-refractivity contribution is -0.126. The Morgan fingerprint density at radius 1 is 1.62 bits per heavy atom. The molecule has 2 unspecified atom stereocenters. The number of rotatable bonds is 3. The van der Waals surface area contributed by atoms with Gasteiger partial charge in [0, 0.05) is 6.54 Å². The Labute approximate surface area is 95.4 Å². The molecule has 0 aromatic carbocycles. The minimum Gasteiger partial charge on any atom is -0.467 e. The molecule has 2 N–H and O–H groups in total. The molecule has 1 saturated heterocycles. The molecule has 16 heavy (non-hydrogen) atoms. The first-order valence-electron chi connectivity index (χ1n) is 5.73. The summed E-state index contributed by atoms with van der Waals surface area (Å²) in [6.45, 7) is 5.73. The smallest absolute Gasteiger partial charge is 0.225 e. The van der Waals surface area contributed by atoms with Crippen molar-refractivity contribution < 1.29 is 9.21 Å². The molecule has 0 bridgehead atoms. The van der Waals surface area contributed by atoms with Crippen LogP contribution in [0.25, 0.3) is 0 Å². The van der Waals surface area contributed by atoms with Crippen molar-refractivity contribution in [2.24, 2.45) is 11.8 Å². The minimum absolute atomic E-state index is 0.0599. The quantitative estimate of drug-likeness (QED) is 0.810. The summed E-state index contributed by atoms with van der Waals surface area (Å²) in [6, 6.07) is 3.65. The molecule has 2 rings (SSSR count). The summed E-state index contributed by atoms with van der Waals surface area (Å²) in [5.41, 5.74) is 0. The molecule has 3 atom stereocenters. The number of carbonyl (C=O) groups is 1. The molecule has 0 spiro atoms. The van der Waals surface area contributed by atoms with Gasteiger partial charge in [-0.25, -0.2) is 0 Å². The summed E-state index contributed by atoms with van der Waals surface area (Å²) >= 11 is 0. The molecule has 0 aliphatic carbocycles. The van der Waals surface area contributed by atoms with Crippen molar-refractivity contribution in [2.75, 3.05) is 13.1 Å². The molecule has 1 aliphatic rings. The molecule has 1 aromatic heterocycles. The van der Waals surface area contributed by atoms with Gasteiger partial charge in [0.1, 0.15) is 5.76 Å². The highest BCUT2D eigenvalue weighted by Gasteiger charge is 2.30. The normalized spacial score (nSPS) is 26.6. The second-order valence-electron chi connectivity index (χ2n) is 4.49. The van der Waals surface area contributed by atoms with Crippen LogP contribution in [0.3, 0.4) is 0 Å². The van der Waals surface area contributed by atoms with Gasteiger partial charge >= 0.3 is 0 Å². The lowest BCUT2D eigenvalue weighted by Crippen LogP contribution is -2.35. The van der Waals surface area contributed by atoms with E-state index >= 15 is 0 Å². The fourth-order valence-electron chi connectivity index (χ4n) is 2.09. The van der Waals surface area contributed by atoms with Crippen LogP contribution in [0.4, 0.5) is 0 Å². The van der Waals surface area contributed by atoms with Crippen LogP contribution in [-0.4, -0.2) is 19.0 Å². The van der Waals surface area contributed by atoms with Crippen molar-refractivity contribution in [3.05, 3.63) is 24.2 Å². The maximum absolute atomic E-state index is 12.0. The van der Waals surface area contributed by atoms with Crippen LogP contribution in [0.5, 0.6) is 0 Å². The van der Waals surface area contributed by atoms with E-state index in [1.165, 1.54) is 0 Å². The largest absolute Gasteiger partial charge is 0.467 e. The molecule has 1 fully saturated rings. The molecule has 1 aromatic rings. The average Bonchev–Trinajstić information content (AvgIpc) is 2.86. The maximum Gasteiger partial charge on any atom is 0.225 e. The Morgan fingerprint density at radius 2 is 2.44 bits per heavy atom. The van der Waals surface area contributed by atoms with Crippen molar-refractivity contribution in [3.8, 4) is 0 Å². The summed E-state index contributed by atoms with van der Waals surface area (Å²) in [5, 5.41) is 6.21. The summed E-state index contributed by atoms with van der Waals surface area (Å²) in [7, 11) is 0. The Morgan fingerprint density at radius 3 is 3.00 bits per heavy atom. The monoisotopic (exact) mass is 222 g/mol. The topological polar surface area (TPSA) is 54.3 Å². The third-order valence-electron chi connectivity index (χ3n) is 3.18. The van der Waals surface area contributed by atoms with E-state index in [-0.39, 0.29) is 17.9 Å². The highest BCUT2D eigenvalue weighted by molar-refractivity contribution is 5.79. The molecular weight excluding hydrogens is 204 g/mol. The fourth-order valence-corrected chi connectivity index (χ4v) is 2.09. The van der Waals surface area contributed by atoms with Gasteiger partial charge in [-0.3, -0.25) is 4.79 Å². The van der Waals surface area contributed by atoms with Gasteiger partial charge in [-0.1, -0.05) is 6.92 Å². The number of carbonyl (C=O) groups excluding carboxylic acids is 1. The molecule has 4 heteroatoms. The first-order valence-corrected chi connectivity index (χ1v) is 5.73. The molecule has 1 aliphatic heterocycles. The maximum atomic E-state index is 12.0. The Hall–Kier alpha value is -1.29. The van der Waals surface area contributed by atoms with E-state index in [0.717, 1.165) is 18.8 Å². The van der Waals surface area contributed by atoms with E-state index in [1.54, 1.807) is 6.26 Å². The standard InChI is InChI=1S/C12H18N2O2/c1-8-6-13-7-10(8)12(15)14-9(2)11-4-3-5-16-11/h3-5,8-10,13H,6-7H2,1-2H3,(H,14,15)/t8?,9-,10?/m1/s1. The zero-order chi connectivity index (χ0) is 11.5. The third kappa shape index (κ3) is 2.27. The van der Waals surface area contributed by atoms with Crippen LogP contribution in [0.1, 0.15) is 25.6 Å². The predicted octanol–water partition coefficient (Wildman–Crippen LogP) is 1.31. The molecule has 1 amide bonds. The van der Waals surface area contributed by atoms with Gasteiger partial charge in [0.15, 0.2) is 0 Å². The number of nitrogens with one attached hydrogen (secondary N) is 2. The van der Waals surface area contributed by atoms with E-state index in [0.29, 0.717) is 5.92 Å². The van der Waals surface area contributed by atoms with E-state index < -0.39 is 0 Å². The molecule has 4 nitrogen and oxygen atoms in total. The Bertz CT molecular complexity index is 348. The van der Waals surface area contributed by atoms with Gasteiger partial charge in [0.2, 0.25) is 5.91 Å².